The third-order valence-electron chi connectivity index (χ3n) is 4.48. The summed E-state index contributed by atoms with van der Waals surface area (Å²) in [7, 11) is 1.61. The molecule has 29 heavy (non-hydrogen) atoms. The fraction of sp³-hybridized carbons (Fsp3) is 0.217. The number of carbonyl (C=O) groups excluding carboxylic acids is 2. The van der Waals surface area contributed by atoms with Crippen molar-refractivity contribution in [3.8, 4) is 11.4 Å². The Morgan fingerprint density at radius 3 is 2.34 bits per heavy atom. The van der Waals surface area contributed by atoms with Crippen LogP contribution in [0.25, 0.3) is 11.4 Å². The van der Waals surface area contributed by atoms with Crippen molar-refractivity contribution in [3.63, 3.8) is 0 Å². The lowest BCUT2D eigenvalue weighted by Crippen LogP contribution is -2.19. The van der Waals surface area contributed by atoms with E-state index in [-0.39, 0.29) is 11.8 Å². The summed E-state index contributed by atoms with van der Waals surface area (Å²) in [6, 6.07) is 14.5. The maximum Gasteiger partial charge on any atom is 0.255 e. The van der Waals surface area contributed by atoms with Gasteiger partial charge in [-0.15, -0.1) is 0 Å². The molecule has 3 rings (SSSR count). The number of amides is 2. The van der Waals surface area contributed by atoms with E-state index >= 15 is 0 Å². The van der Waals surface area contributed by atoms with Gasteiger partial charge >= 0.3 is 0 Å². The second kappa shape index (κ2) is 9.59. The molecule has 2 aromatic carbocycles. The molecule has 0 saturated carbocycles. The first kappa shape index (κ1) is 20.2. The van der Waals surface area contributed by atoms with Gasteiger partial charge in [-0.25, -0.2) is 9.97 Å². The van der Waals surface area contributed by atoms with Gasteiger partial charge in [0.25, 0.3) is 5.91 Å². The van der Waals surface area contributed by atoms with Crippen molar-refractivity contribution in [3.05, 3.63) is 77.6 Å². The minimum absolute atomic E-state index is 0.0523. The molecule has 1 aromatic heterocycles. The van der Waals surface area contributed by atoms with Crippen LogP contribution in [0.3, 0.4) is 0 Å². The van der Waals surface area contributed by atoms with Crippen LogP contribution in [0.15, 0.2) is 60.9 Å². The highest BCUT2D eigenvalue weighted by molar-refractivity contribution is 6.04. The van der Waals surface area contributed by atoms with Gasteiger partial charge in [0.15, 0.2) is 5.82 Å². The first-order valence-electron chi connectivity index (χ1n) is 9.61. The standard InChI is InChI=1S/C23H24N4O2/c1-3-5-17-14-25-22(26-15-17)18-6-4-7-19(13-18)23(29)27-20-10-8-16(9-11-20)12-21(28)24-2/h4,6-11,13-15H,3,5,12H2,1-2H3,(H,24,28)(H,27,29). The number of anilines is 1. The molecule has 0 fully saturated rings. The lowest BCUT2D eigenvalue weighted by Gasteiger charge is -2.08. The van der Waals surface area contributed by atoms with E-state index in [9.17, 15) is 9.59 Å². The Morgan fingerprint density at radius 1 is 0.966 bits per heavy atom. The quantitative estimate of drug-likeness (QED) is 0.647. The second-order valence-corrected chi connectivity index (χ2v) is 6.75. The average Bonchev–Trinajstić information content (AvgIpc) is 2.76. The number of carbonyl (C=O) groups is 2. The molecular formula is C23H24N4O2. The molecule has 0 saturated heterocycles. The molecule has 2 amide bonds. The number of nitrogens with zero attached hydrogens (tertiary/aromatic N) is 2. The molecule has 0 bridgehead atoms. The molecule has 6 nitrogen and oxygen atoms in total. The summed E-state index contributed by atoms with van der Waals surface area (Å²) in [4.78, 5) is 32.9. The van der Waals surface area contributed by atoms with E-state index in [1.165, 1.54) is 0 Å². The van der Waals surface area contributed by atoms with Crippen molar-refractivity contribution in [1.29, 1.82) is 0 Å². The molecule has 0 aliphatic carbocycles. The lowest BCUT2D eigenvalue weighted by molar-refractivity contribution is -0.119. The molecule has 0 aliphatic heterocycles. The fourth-order valence-electron chi connectivity index (χ4n) is 2.90. The van der Waals surface area contributed by atoms with Gasteiger partial charge < -0.3 is 10.6 Å². The van der Waals surface area contributed by atoms with Crippen molar-refractivity contribution in [2.75, 3.05) is 12.4 Å². The van der Waals surface area contributed by atoms with Crippen LogP contribution in [0, 0.1) is 0 Å². The molecule has 1 heterocycles. The lowest BCUT2D eigenvalue weighted by atomic mass is 10.1. The van der Waals surface area contributed by atoms with Crippen molar-refractivity contribution >= 4 is 17.5 Å². The molecule has 0 radical (unpaired) electrons. The highest BCUT2D eigenvalue weighted by Gasteiger charge is 2.10. The summed E-state index contributed by atoms with van der Waals surface area (Å²) < 4.78 is 0. The van der Waals surface area contributed by atoms with E-state index in [0.717, 1.165) is 29.5 Å². The number of nitrogens with one attached hydrogen (secondary N) is 2. The number of aromatic nitrogens is 2. The van der Waals surface area contributed by atoms with E-state index in [1.54, 1.807) is 31.3 Å². The number of hydrogen-bond acceptors (Lipinski definition) is 4. The van der Waals surface area contributed by atoms with Crippen molar-refractivity contribution in [2.45, 2.75) is 26.2 Å². The molecule has 6 heteroatoms. The van der Waals surface area contributed by atoms with Crippen LogP contribution >= 0.6 is 0 Å². The Hall–Kier alpha value is -3.54. The molecule has 3 aromatic rings. The largest absolute Gasteiger partial charge is 0.359 e. The van der Waals surface area contributed by atoms with Gasteiger partial charge in [0.1, 0.15) is 0 Å². The summed E-state index contributed by atoms with van der Waals surface area (Å²) in [5.74, 6) is 0.329. The summed E-state index contributed by atoms with van der Waals surface area (Å²) >= 11 is 0. The number of rotatable bonds is 7. The van der Waals surface area contributed by atoms with Gasteiger partial charge in [-0.05, 0) is 41.8 Å². The summed E-state index contributed by atoms with van der Waals surface area (Å²) in [5, 5.41) is 5.47. The van der Waals surface area contributed by atoms with E-state index in [1.807, 2.05) is 36.7 Å². The van der Waals surface area contributed by atoms with Crippen molar-refractivity contribution < 1.29 is 9.59 Å². The zero-order valence-corrected chi connectivity index (χ0v) is 16.6. The smallest absolute Gasteiger partial charge is 0.255 e. The third-order valence-corrected chi connectivity index (χ3v) is 4.48. The molecule has 0 spiro atoms. The van der Waals surface area contributed by atoms with Crippen LogP contribution in [-0.2, 0) is 17.6 Å². The normalized spacial score (nSPS) is 10.4. The summed E-state index contributed by atoms with van der Waals surface area (Å²) in [6.45, 7) is 2.12. The van der Waals surface area contributed by atoms with Crippen molar-refractivity contribution in [1.82, 2.24) is 15.3 Å². The molecule has 2 N–H and O–H groups in total. The average molecular weight is 388 g/mol. The first-order valence-corrected chi connectivity index (χ1v) is 9.61. The maximum absolute atomic E-state index is 12.6. The SMILES string of the molecule is CCCc1cnc(-c2cccc(C(=O)Nc3ccc(CC(=O)NC)cc3)c2)nc1. The summed E-state index contributed by atoms with van der Waals surface area (Å²) in [6.07, 6.45) is 5.97. The highest BCUT2D eigenvalue weighted by Crippen LogP contribution is 2.18. The molecule has 148 valence electrons. The van der Waals surface area contributed by atoms with Gasteiger partial charge in [-0.1, -0.05) is 37.6 Å². The molecule has 0 atom stereocenters. The number of hydrogen-bond donors (Lipinski definition) is 2. The fourth-order valence-corrected chi connectivity index (χ4v) is 2.90. The zero-order valence-electron chi connectivity index (χ0n) is 16.6. The molecule has 0 aliphatic rings. The predicted molar refractivity (Wildman–Crippen MR) is 114 cm³/mol. The Bertz CT molecular complexity index is 983. The Labute approximate surface area is 170 Å². The van der Waals surface area contributed by atoms with Crippen LogP contribution in [0.5, 0.6) is 0 Å². The van der Waals surface area contributed by atoms with Gasteiger partial charge in [0.05, 0.1) is 6.42 Å². The minimum Gasteiger partial charge on any atom is -0.359 e. The van der Waals surface area contributed by atoms with Crippen molar-refractivity contribution in [2.24, 2.45) is 0 Å². The van der Waals surface area contributed by atoms with E-state index < -0.39 is 0 Å². The predicted octanol–water partition coefficient (Wildman–Crippen LogP) is 3.64. The van der Waals surface area contributed by atoms with E-state index in [0.29, 0.717) is 23.5 Å². The topological polar surface area (TPSA) is 84.0 Å². The van der Waals surface area contributed by atoms with Gasteiger partial charge in [0.2, 0.25) is 5.91 Å². The molecular weight excluding hydrogens is 364 g/mol. The van der Waals surface area contributed by atoms with Gasteiger partial charge in [-0.3, -0.25) is 9.59 Å². The number of likely N-dealkylation sites (N-methyl/N-ethyl adjacent to an activating group) is 1. The monoisotopic (exact) mass is 388 g/mol. The summed E-state index contributed by atoms with van der Waals surface area (Å²) in [5.41, 5.74) is 3.97. The van der Waals surface area contributed by atoms with E-state index in [2.05, 4.69) is 27.5 Å². The third kappa shape index (κ3) is 5.48. The maximum atomic E-state index is 12.6. The molecule has 0 unspecified atom stereocenters. The minimum atomic E-state index is -0.214. The van der Waals surface area contributed by atoms with Crippen LogP contribution in [0.1, 0.15) is 34.8 Å². The Kier molecular flexibility index (Phi) is 6.68. The first-order chi connectivity index (χ1) is 14.1. The zero-order chi connectivity index (χ0) is 20.6. The number of aryl methyl sites for hydroxylation is 1. The van der Waals surface area contributed by atoms with Gasteiger partial charge in [-0.2, -0.15) is 0 Å². The number of benzene rings is 2. The van der Waals surface area contributed by atoms with Gasteiger partial charge in [0, 0.05) is 36.3 Å². The van der Waals surface area contributed by atoms with E-state index in [4.69, 9.17) is 0 Å². The second-order valence-electron chi connectivity index (χ2n) is 6.75. The van der Waals surface area contributed by atoms with Crippen LogP contribution in [-0.4, -0.2) is 28.8 Å². The van der Waals surface area contributed by atoms with Crippen LogP contribution in [0.2, 0.25) is 0 Å². The van der Waals surface area contributed by atoms with Crippen LogP contribution in [0.4, 0.5) is 5.69 Å². The Balaban J connectivity index is 1.70. The van der Waals surface area contributed by atoms with Crippen LogP contribution < -0.4 is 10.6 Å². The highest BCUT2D eigenvalue weighted by atomic mass is 16.2. The Morgan fingerprint density at radius 2 is 1.69 bits per heavy atom.